The number of carbonyl (C=O) groups is 2. The number of rotatable bonds is 7. The van der Waals surface area contributed by atoms with Gasteiger partial charge in [0.05, 0.1) is 31.4 Å². The molecule has 7 nitrogen and oxygen atoms in total. The van der Waals surface area contributed by atoms with Gasteiger partial charge in [-0.25, -0.2) is 9.59 Å². The lowest BCUT2D eigenvalue weighted by Crippen LogP contribution is -2.45. The predicted molar refractivity (Wildman–Crippen MR) is 92.1 cm³/mol. The second-order valence-corrected chi connectivity index (χ2v) is 5.90. The number of carbonyl (C=O) groups excluding carboxylic acids is 2. The number of hydrogen-bond acceptors (Lipinski definition) is 5. The van der Waals surface area contributed by atoms with Crippen molar-refractivity contribution in [1.82, 2.24) is 10.6 Å². The first kappa shape index (κ1) is 18.8. The van der Waals surface area contributed by atoms with E-state index in [1.807, 2.05) is 19.9 Å². The fraction of sp³-hybridized carbons (Fsp3) is 0.444. The van der Waals surface area contributed by atoms with Crippen LogP contribution in [0.4, 0.5) is 4.79 Å². The summed E-state index contributed by atoms with van der Waals surface area (Å²) in [6.45, 7) is 5.96. The van der Waals surface area contributed by atoms with Gasteiger partial charge in [-0.3, -0.25) is 0 Å². The standard InChI is InChI=1S/C18H24N2O5/c1-11(2)24-8-9-25-17(21)15-12(3)19-18(22)20-16(15)13-6-5-7-14(10-13)23-4/h5-7,10-11,16H,8-9H2,1-4H3,(H2,19,20,22)/t16-/m0/s1. The third kappa shape index (κ3) is 4.96. The van der Waals surface area contributed by atoms with E-state index in [1.54, 1.807) is 32.2 Å². The molecule has 0 saturated heterocycles. The lowest BCUT2D eigenvalue weighted by atomic mass is 9.95. The van der Waals surface area contributed by atoms with E-state index in [1.165, 1.54) is 0 Å². The second-order valence-electron chi connectivity index (χ2n) is 5.90. The summed E-state index contributed by atoms with van der Waals surface area (Å²) < 4.78 is 15.9. The van der Waals surface area contributed by atoms with Crippen LogP contribution in [0.5, 0.6) is 5.75 Å². The van der Waals surface area contributed by atoms with Gasteiger partial charge in [-0.05, 0) is 38.5 Å². The molecule has 0 spiro atoms. The topological polar surface area (TPSA) is 85.9 Å². The molecule has 2 amide bonds. The van der Waals surface area contributed by atoms with Crippen molar-refractivity contribution in [3.8, 4) is 5.75 Å². The van der Waals surface area contributed by atoms with Crippen molar-refractivity contribution in [2.75, 3.05) is 20.3 Å². The Labute approximate surface area is 147 Å². The van der Waals surface area contributed by atoms with E-state index in [2.05, 4.69) is 10.6 Å². The largest absolute Gasteiger partial charge is 0.497 e. The molecule has 136 valence electrons. The number of nitrogens with one attached hydrogen (secondary N) is 2. The highest BCUT2D eigenvalue weighted by atomic mass is 16.6. The molecule has 2 N–H and O–H groups in total. The van der Waals surface area contributed by atoms with Gasteiger partial charge in [0, 0.05) is 5.70 Å². The molecule has 1 heterocycles. The minimum absolute atomic E-state index is 0.0693. The molecule has 0 aliphatic carbocycles. The number of benzene rings is 1. The summed E-state index contributed by atoms with van der Waals surface area (Å²) >= 11 is 0. The minimum atomic E-state index is -0.609. The molecular formula is C18H24N2O5. The van der Waals surface area contributed by atoms with Crippen molar-refractivity contribution in [1.29, 1.82) is 0 Å². The Hall–Kier alpha value is -2.54. The molecule has 0 unspecified atom stereocenters. The van der Waals surface area contributed by atoms with Crippen molar-refractivity contribution in [2.24, 2.45) is 0 Å². The monoisotopic (exact) mass is 348 g/mol. The van der Waals surface area contributed by atoms with Crippen molar-refractivity contribution >= 4 is 12.0 Å². The van der Waals surface area contributed by atoms with E-state index in [0.29, 0.717) is 23.6 Å². The maximum atomic E-state index is 12.5. The Morgan fingerprint density at radius 2 is 2.04 bits per heavy atom. The number of esters is 1. The highest BCUT2D eigenvalue weighted by Crippen LogP contribution is 2.29. The zero-order chi connectivity index (χ0) is 18.4. The second kappa shape index (κ2) is 8.53. The zero-order valence-electron chi connectivity index (χ0n) is 14.9. The first-order valence-electron chi connectivity index (χ1n) is 8.13. The fourth-order valence-corrected chi connectivity index (χ4v) is 2.53. The zero-order valence-corrected chi connectivity index (χ0v) is 14.9. The Balaban J connectivity index is 2.20. The van der Waals surface area contributed by atoms with Crippen LogP contribution in [0.1, 0.15) is 32.4 Å². The molecule has 1 atom stereocenters. The van der Waals surface area contributed by atoms with Gasteiger partial charge in [-0.15, -0.1) is 0 Å². The van der Waals surface area contributed by atoms with Crippen LogP contribution in [0.3, 0.4) is 0 Å². The number of allylic oxidation sites excluding steroid dienone is 1. The maximum Gasteiger partial charge on any atom is 0.338 e. The number of ether oxygens (including phenoxy) is 3. The molecule has 2 rings (SSSR count). The van der Waals surface area contributed by atoms with Crippen LogP contribution >= 0.6 is 0 Å². The summed E-state index contributed by atoms with van der Waals surface area (Å²) in [7, 11) is 1.56. The van der Waals surface area contributed by atoms with E-state index >= 15 is 0 Å². The normalized spacial score (nSPS) is 17.2. The summed E-state index contributed by atoms with van der Waals surface area (Å²) in [6, 6.07) is 6.22. The van der Waals surface area contributed by atoms with Gasteiger partial charge in [0.1, 0.15) is 12.4 Å². The van der Waals surface area contributed by atoms with Crippen molar-refractivity contribution < 1.29 is 23.8 Å². The highest BCUT2D eigenvalue weighted by molar-refractivity contribution is 5.95. The first-order valence-corrected chi connectivity index (χ1v) is 8.13. The first-order chi connectivity index (χ1) is 11.9. The smallest absolute Gasteiger partial charge is 0.338 e. The van der Waals surface area contributed by atoms with Gasteiger partial charge < -0.3 is 24.8 Å². The summed E-state index contributed by atoms with van der Waals surface area (Å²) in [5, 5.41) is 5.37. The predicted octanol–water partition coefficient (Wildman–Crippen LogP) is 2.29. The lowest BCUT2D eigenvalue weighted by molar-refractivity contribution is -0.141. The van der Waals surface area contributed by atoms with Crippen molar-refractivity contribution in [2.45, 2.75) is 32.9 Å². The summed E-state index contributed by atoms with van der Waals surface area (Å²) in [4.78, 5) is 24.4. The lowest BCUT2D eigenvalue weighted by Gasteiger charge is -2.28. The molecule has 1 aromatic rings. The molecule has 7 heteroatoms. The molecule has 0 aromatic heterocycles. The van der Waals surface area contributed by atoms with Crippen LogP contribution in [0.25, 0.3) is 0 Å². The minimum Gasteiger partial charge on any atom is -0.497 e. The molecular weight excluding hydrogens is 324 g/mol. The molecule has 0 saturated carbocycles. The average molecular weight is 348 g/mol. The highest BCUT2D eigenvalue weighted by Gasteiger charge is 2.32. The van der Waals surface area contributed by atoms with Crippen LogP contribution in [0.15, 0.2) is 35.5 Å². The third-order valence-electron chi connectivity index (χ3n) is 3.68. The van der Waals surface area contributed by atoms with Gasteiger partial charge in [0.15, 0.2) is 0 Å². The van der Waals surface area contributed by atoms with Gasteiger partial charge in [-0.1, -0.05) is 12.1 Å². The Morgan fingerprint density at radius 1 is 1.28 bits per heavy atom. The molecule has 25 heavy (non-hydrogen) atoms. The van der Waals surface area contributed by atoms with Gasteiger partial charge >= 0.3 is 12.0 Å². The molecule has 0 bridgehead atoms. The van der Waals surface area contributed by atoms with Gasteiger partial charge in [-0.2, -0.15) is 0 Å². The van der Waals surface area contributed by atoms with Crippen LogP contribution < -0.4 is 15.4 Å². The Bertz CT molecular complexity index is 669. The van der Waals surface area contributed by atoms with E-state index in [0.717, 1.165) is 5.56 Å². The maximum absolute atomic E-state index is 12.5. The Kier molecular flexibility index (Phi) is 6.41. The molecule has 0 fully saturated rings. The van der Waals surface area contributed by atoms with E-state index in [-0.39, 0.29) is 18.7 Å². The fourth-order valence-electron chi connectivity index (χ4n) is 2.53. The average Bonchev–Trinajstić information content (AvgIpc) is 2.57. The van der Waals surface area contributed by atoms with E-state index in [4.69, 9.17) is 14.2 Å². The molecule has 0 radical (unpaired) electrons. The van der Waals surface area contributed by atoms with Gasteiger partial charge in [0.25, 0.3) is 0 Å². The third-order valence-corrected chi connectivity index (χ3v) is 3.68. The van der Waals surface area contributed by atoms with Gasteiger partial charge in [0.2, 0.25) is 0 Å². The summed E-state index contributed by atoms with van der Waals surface area (Å²) in [5.74, 6) is 0.145. The quantitative estimate of drug-likeness (QED) is 0.583. The molecule has 1 aliphatic rings. The summed E-state index contributed by atoms with van der Waals surface area (Å²) in [6.07, 6.45) is 0.0693. The van der Waals surface area contributed by atoms with Crippen molar-refractivity contribution in [3.05, 3.63) is 41.1 Å². The number of hydrogen-bond donors (Lipinski definition) is 2. The van der Waals surface area contributed by atoms with Crippen LogP contribution in [0.2, 0.25) is 0 Å². The van der Waals surface area contributed by atoms with E-state index in [9.17, 15) is 9.59 Å². The van der Waals surface area contributed by atoms with Crippen LogP contribution in [-0.2, 0) is 14.3 Å². The van der Waals surface area contributed by atoms with E-state index < -0.39 is 12.0 Å². The number of methoxy groups -OCH3 is 1. The number of urea groups is 1. The molecule has 1 aliphatic heterocycles. The van der Waals surface area contributed by atoms with Crippen LogP contribution in [0, 0.1) is 0 Å². The van der Waals surface area contributed by atoms with Crippen molar-refractivity contribution in [3.63, 3.8) is 0 Å². The Morgan fingerprint density at radius 3 is 2.72 bits per heavy atom. The summed E-state index contributed by atoms with van der Waals surface area (Å²) in [5.41, 5.74) is 1.56. The molecule has 1 aromatic carbocycles. The number of amides is 2. The van der Waals surface area contributed by atoms with Crippen LogP contribution in [-0.4, -0.2) is 38.4 Å². The SMILES string of the molecule is COc1cccc([C@@H]2NC(=O)NC(C)=C2C(=O)OCCOC(C)C)c1.